The molecule has 0 amide bonds. The third-order valence-electron chi connectivity index (χ3n) is 4.59. The van der Waals surface area contributed by atoms with E-state index in [1.165, 1.54) is 0 Å². The fourth-order valence-corrected chi connectivity index (χ4v) is 3.50. The Morgan fingerprint density at radius 1 is 1.19 bits per heavy atom. The Hall–Kier alpha value is -2.08. The number of nitrogens with one attached hydrogen (secondary N) is 1. The van der Waals surface area contributed by atoms with Crippen LogP contribution in [-0.2, 0) is 0 Å². The molecule has 2 aromatic carbocycles. The lowest BCUT2D eigenvalue weighted by molar-refractivity contribution is 0.136. The molecule has 5 nitrogen and oxygen atoms in total. The van der Waals surface area contributed by atoms with Crippen molar-refractivity contribution in [3.8, 4) is 5.75 Å². The molecule has 1 heterocycles. The minimum Gasteiger partial charge on any atom is -0.497 e. The Morgan fingerprint density at radius 3 is 2.74 bits per heavy atom. The molecular formula is C21H26ClN3O2. The van der Waals surface area contributed by atoms with E-state index in [4.69, 9.17) is 21.3 Å². The molecule has 0 spiro atoms. The van der Waals surface area contributed by atoms with Crippen molar-refractivity contribution in [3.05, 3.63) is 41.4 Å². The van der Waals surface area contributed by atoms with Crippen molar-refractivity contribution in [2.75, 3.05) is 39.1 Å². The van der Waals surface area contributed by atoms with E-state index in [-0.39, 0.29) is 0 Å². The van der Waals surface area contributed by atoms with Crippen molar-refractivity contribution in [1.82, 2.24) is 9.88 Å². The van der Waals surface area contributed by atoms with E-state index in [1.54, 1.807) is 7.11 Å². The van der Waals surface area contributed by atoms with E-state index in [9.17, 15) is 5.11 Å². The van der Waals surface area contributed by atoms with E-state index in [0.717, 1.165) is 46.2 Å². The standard InChI is InChI=1S/C21H26ClN3O2/c1-4-9-25(2)13-15(26)12-23-21-17-7-5-14(22)10-20(17)24-19-8-6-16(27-3)11-18(19)21/h5-8,10-11,15,26H,4,9,12-13H2,1-3H3,(H,23,24). The number of methoxy groups -OCH3 is 1. The zero-order valence-corrected chi connectivity index (χ0v) is 16.8. The number of halogens is 1. The predicted molar refractivity (Wildman–Crippen MR) is 113 cm³/mol. The van der Waals surface area contributed by atoms with Gasteiger partial charge >= 0.3 is 0 Å². The first-order valence-electron chi connectivity index (χ1n) is 9.19. The van der Waals surface area contributed by atoms with Gasteiger partial charge in [0.2, 0.25) is 0 Å². The summed E-state index contributed by atoms with van der Waals surface area (Å²) in [5, 5.41) is 16.4. The topological polar surface area (TPSA) is 57.6 Å². The summed E-state index contributed by atoms with van der Waals surface area (Å²) in [7, 11) is 3.67. The number of benzene rings is 2. The highest BCUT2D eigenvalue weighted by Gasteiger charge is 2.13. The molecule has 3 rings (SSSR count). The van der Waals surface area contributed by atoms with Crippen molar-refractivity contribution in [2.45, 2.75) is 19.4 Å². The van der Waals surface area contributed by atoms with Crippen LogP contribution in [0.25, 0.3) is 21.8 Å². The van der Waals surface area contributed by atoms with Gasteiger partial charge in [-0.2, -0.15) is 0 Å². The highest BCUT2D eigenvalue weighted by molar-refractivity contribution is 6.31. The van der Waals surface area contributed by atoms with Gasteiger partial charge in [-0.3, -0.25) is 0 Å². The van der Waals surface area contributed by atoms with Crippen LogP contribution >= 0.6 is 11.6 Å². The molecule has 0 aliphatic heterocycles. The van der Waals surface area contributed by atoms with Crippen LogP contribution in [-0.4, -0.2) is 54.9 Å². The van der Waals surface area contributed by atoms with E-state index >= 15 is 0 Å². The van der Waals surface area contributed by atoms with Crippen LogP contribution in [0.3, 0.4) is 0 Å². The summed E-state index contributed by atoms with van der Waals surface area (Å²) in [5.41, 5.74) is 2.61. The highest BCUT2D eigenvalue weighted by atomic mass is 35.5. The van der Waals surface area contributed by atoms with Crippen LogP contribution < -0.4 is 10.1 Å². The molecule has 27 heavy (non-hydrogen) atoms. The number of aliphatic hydroxyl groups is 1. The molecule has 0 bridgehead atoms. The summed E-state index contributed by atoms with van der Waals surface area (Å²) >= 11 is 6.16. The van der Waals surface area contributed by atoms with Gasteiger partial charge in [-0.25, -0.2) is 4.98 Å². The number of likely N-dealkylation sites (N-methyl/N-ethyl adjacent to an activating group) is 1. The fourth-order valence-electron chi connectivity index (χ4n) is 3.33. The summed E-state index contributed by atoms with van der Waals surface area (Å²) < 4.78 is 5.38. The number of fused-ring (bicyclic) bond motifs is 2. The molecule has 2 N–H and O–H groups in total. The number of aromatic nitrogens is 1. The predicted octanol–water partition coefficient (Wildman–Crippen LogP) is 4.16. The quantitative estimate of drug-likeness (QED) is 0.568. The van der Waals surface area contributed by atoms with Crippen LogP contribution in [0.4, 0.5) is 5.69 Å². The largest absolute Gasteiger partial charge is 0.497 e. The number of nitrogens with zero attached hydrogens (tertiary/aromatic N) is 2. The SMILES string of the molecule is CCCN(C)CC(O)CNc1c2ccc(Cl)cc2nc2ccc(OC)cc12. The van der Waals surface area contributed by atoms with Gasteiger partial charge < -0.3 is 20.1 Å². The van der Waals surface area contributed by atoms with Gasteiger partial charge in [-0.15, -0.1) is 0 Å². The van der Waals surface area contributed by atoms with Gasteiger partial charge in [0.15, 0.2) is 0 Å². The molecule has 0 saturated carbocycles. The van der Waals surface area contributed by atoms with Crippen molar-refractivity contribution < 1.29 is 9.84 Å². The summed E-state index contributed by atoms with van der Waals surface area (Å²) in [6.45, 7) is 4.17. The summed E-state index contributed by atoms with van der Waals surface area (Å²) in [5.74, 6) is 0.767. The van der Waals surface area contributed by atoms with E-state index in [0.29, 0.717) is 18.1 Å². The Bertz CT molecular complexity index is 932. The first-order valence-corrected chi connectivity index (χ1v) is 9.57. The molecule has 0 aliphatic rings. The molecule has 144 valence electrons. The first-order chi connectivity index (χ1) is 13.0. The van der Waals surface area contributed by atoms with Crippen LogP contribution in [0.2, 0.25) is 5.02 Å². The van der Waals surface area contributed by atoms with Gasteiger partial charge in [0.25, 0.3) is 0 Å². The zero-order chi connectivity index (χ0) is 19.4. The van der Waals surface area contributed by atoms with Crippen molar-refractivity contribution >= 4 is 39.1 Å². The van der Waals surface area contributed by atoms with E-state index in [1.807, 2.05) is 43.4 Å². The maximum absolute atomic E-state index is 10.4. The lowest BCUT2D eigenvalue weighted by atomic mass is 10.1. The molecule has 0 saturated heterocycles. The smallest absolute Gasteiger partial charge is 0.119 e. The van der Waals surface area contributed by atoms with Crippen LogP contribution in [0.15, 0.2) is 36.4 Å². The molecule has 0 fully saturated rings. The normalized spacial score (nSPS) is 12.7. The zero-order valence-electron chi connectivity index (χ0n) is 16.0. The maximum atomic E-state index is 10.4. The second-order valence-electron chi connectivity index (χ2n) is 6.83. The number of rotatable bonds is 8. The van der Waals surface area contributed by atoms with Crippen LogP contribution in [0, 0.1) is 0 Å². The monoisotopic (exact) mass is 387 g/mol. The number of hydrogen-bond acceptors (Lipinski definition) is 5. The van der Waals surface area contributed by atoms with Crippen LogP contribution in [0.5, 0.6) is 5.75 Å². The molecule has 1 unspecified atom stereocenters. The van der Waals surface area contributed by atoms with Crippen molar-refractivity contribution in [3.63, 3.8) is 0 Å². The molecule has 0 aliphatic carbocycles. The summed E-state index contributed by atoms with van der Waals surface area (Å²) in [6.07, 6.45) is 0.592. The average Bonchev–Trinajstić information content (AvgIpc) is 2.64. The van der Waals surface area contributed by atoms with Gasteiger partial charge in [0.05, 0.1) is 29.9 Å². The molecule has 1 aromatic heterocycles. The number of pyridine rings is 1. The third-order valence-corrected chi connectivity index (χ3v) is 4.82. The number of anilines is 1. The van der Waals surface area contributed by atoms with E-state index < -0.39 is 6.10 Å². The van der Waals surface area contributed by atoms with Gasteiger partial charge in [0, 0.05) is 28.9 Å². The van der Waals surface area contributed by atoms with Gasteiger partial charge in [-0.05, 0) is 56.4 Å². The second-order valence-corrected chi connectivity index (χ2v) is 7.26. The van der Waals surface area contributed by atoms with Gasteiger partial charge in [-0.1, -0.05) is 18.5 Å². The number of aliphatic hydroxyl groups excluding tert-OH is 1. The Morgan fingerprint density at radius 2 is 2.00 bits per heavy atom. The molecule has 0 radical (unpaired) electrons. The molecular weight excluding hydrogens is 362 g/mol. The minimum absolute atomic E-state index is 0.447. The average molecular weight is 388 g/mol. The Labute approximate surface area is 164 Å². The highest BCUT2D eigenvalue weighted by Crippen LogP contribution is 2.34. The fraction of sp³-hybridized carbons (Fsp3) is 0.381. The number of ether oxygens (including phenoxy) is 1. The maximum Gasteiger partial charge on any atom is 0.119 e. The lowest BCUT2D eigenvalue weighted by Gasteiger charge is -2.21. The first kappa shape index (κ1) is 19.7. The van der Waals surface area contributed by atoms with Crippen LogP contribution in [0.1, 0.15) is 13.3 Å². The van der Waals surface area contributed by atoms with E-state index in [2.05, 4.69) is 17.1 Å². The Kier molecular flexibility index (Phi) is 6.37. The molecule has 6 heteroatoms. The van der Waals surface area contributed by atoms with Gasteiger partial charge in [0.1, 0.15) is 5.75 Å². The Balaban J connectivity index is 1.97. The summed E-state index contributed by atoms with van der Waals surface area (Å²) in [4.78, 5) is 6.86. The molecule has 1 atom stereocenters. The third kappa shape index (κ3) is 4.61. The van der Waals surface area contributed by atoms with Crippen molar-refractivity contribution in [1.29, 1.82) is 0 Å². The lowest BCUT2D eigenvalue weighted by Crippen LogP contribution is -2.34. The van der Waals surface area contributed by atoms with Crippen molar-refractivity contribution in [2.24, 2.45) is 0 Å². The number of hydrogen-bond donors (Lipinski definition) is 2. The summed E-state index contributed by atoms with van der Waals surface area (Å²) in [6, 6.07) is 11.5. The minimum atomic E-state index is -0.474. The molecule has 3 aromatic rings. The second kappa shape index (κ2) is 8.74.